The van der Waals surface area contributed by atoms with Crippen LogP contribution in [0.15, 0.2) is 0 Å². The number of carbonyl (C=O) groups excluding carboxylic acids is 12. The van der Waals surface area contributed by atoms with E-state index in [-0.39, 0.29) is 87.8 Å². The maximum atomic E-state index is 14.5. The smallest absolute Gasteiger partial charge is 0.248 e. The number of aliphatic hydroxyl groups excluding tert-OH is 1. The number of carbonyl (C=O) groups is 12. The van der Waals surface area contributed by atoms with Crippen molar-refractivity contribution in [1.29, 1.82) is 0 Å². The summed E-state index contributed by atoms with van der Waals surface area (Å²) in [5, 5.41) is 34.4. The second-order valence-corrected chi connectivity index (χ2v) is 26.2. The minimum Gasteiger partial charge on any atom is -0.394 e. The van der Waals surface area contributed by atoms with E-state index in [9.17, 15) is 62.6 Å². The lowest BCUT2D eigenvalue weighted by molar-refractivity contribution is -0.146. The number of nitrogens with two attached hydrogens (primary N) is 1. The lowest BCUT2D eigenvalue weighted by Crippen LogP contribution is -2.64. The van der Waals surface area contributed by atoms with Gasteiger partial charge in [0.05, 0.1) is 12.6 Å². The molecule has 12 amide bonds. The second kappa shape index (κ2) is 32.0. The maximum absolute atomic E-state index is 14.5. The van der Waals surface area contributed by atoms with Crippen LogP contribution in [0.3, 0.4) is 0 Å². The van der Waals surface area contributed by atoms with Crippen LogP contribution in [0, 0.1) is 29.6 Å². The summed E-state index contributed by atoms with van der Waals surface area (Å²) in [6.45, 7) is 28.5. The van der Waals surface area contributed by atoms with E-state index >= 15 is 0 Å². The molecule has 2 saturated heterocycles. The molecule has 25 nitrogen and oxygen atoms in total. The van der Waals surface area contributed by atoms with Gasteiger partial charge in [0, 0.05) is 26.4 Å². The predicted octanol–water partition coefficient (Wildman–Crippen LogP) is 0.680. The van der Waals surface area contributed by atoms with Crippen molar-refractivity contribution in [3.8, 4) is 0 Å². The first-order valence-corrected chi connectivity index (χ1v) is 29.5. The quantitative estimate of drug-likeness (QED) is 0.0442. The van der Waals surface area contributed by atoms with Crippen molar-refractivity contribution in [3.63, 3.8) is 0 Å². The topological polar surface area (TPSA) is 366 Å². The molecule has 0 aromatic heterocycles. The highest BCUT2D eigenvalue weighted by atomic mass is 16.3. The Kier molecular flexibility index (Phi) is 28.1. The number of nitrogens with one attached hydrogen (secondary N) is 9. The molecule has 0 bridgehead atoms. The Balaban J connectivity index is 2.30. The zero-order chi connectivity index (χ0) is 63.6. The van der Waals surface area contributed by atoms with Crippen molar-refractivity contribution in [2.45, 2.75) is 247 Å². The first-order chi connectivity index (χ1) is 38.2. The number of nitrogens with zero attached hydrogens (tertiary/aromatic N) is 2. The Morgan fingerprint density at radius 2 is 0.892 bits per heavy atom. The van der Waals surface area contributed by atoms with Crippen LogP contribution in [0.2, 0.25) is 0 Å². The van der Waals surface area contributed by atoms with Crippen LogP contribution < -0.4 is 53.6 Å². The molecule has 0 aromatic carbocycles. The van der Waals surface area contributed by atoms with Gasteiger partial charge < -0.3 is 68.5 Å². The number of primary amides is 1. The maximum Gasteiger partial charge on any atom is 0.248 e. The van der Waals surface area contributed by atoms with Crippen LogP contribution in [-0.2, 0) is 57.5 Å². The largest absolute Gasteiger partial charge is 0.394 e. The van der Waals surface area contributed by atoms with Crippen molar-refractivity contribution in [2.24, 2.45) is 35.3 Å². The van der Waals surface area contributed by atoms with E-state index in [0.29, 0.717) is 25.7 Å². The fourth-order valence-electron chi connectivity index (χ4n) is 10.3. The van der Waals surface area contributed by atoms with Gasteiger partial charge in [0.2, 0.25) is 70.9 Å². The molecule has 0 unspecified atom stereocenters. The van der Waals surface area contributed by atoms with Crippen molar-refractivity contribution in [1.82, 2.24) is 57.7 Å². The summed E-state index contributed by atoms with van der Waals surface area (Å²) in [5.41, 5.74) is 0.747. The van der Waals surface area contributed by atoms with Crippen LogP contribution in [0.1, 0.15) is 182 Å². The van der Waals surface area contributed by atoms with Gasteiger partial charge in [0.1, 0.15) is 58.9 Å². The van der Waals surface area contributed by atoms with Gasteiger partial charge in [-0.1, -0.05) is 69.2 Å². The normalized spacial score (nSPS) is 17.9. The summed E-state index contributed by atoms with van der Waals surface area (Å²) in [6, 6.07) is -8.49. The van der Waals surface area contributed by atoms with Crippen LogP contribution in [0.25, 0.3) is 0 Å². The zero-order valence-corrected chi connectivity index (χ0v) is 52.5. The molecule has 0 saturated carbocycles. The van der Waals surface area contributed by atoms with Gasteiger partial charge in [-0.15, -0.1) is 0 Å². The fourth-order valence-corrected chi connectivity index (χ4v) is 10.3. The molecule has 8 atom stereocenters. The van der Waals surface area contributed by atoms with Crippen LogP contribution in [-0.4, -0.2) is 170 Å². The van der Waals surface area contributed by atoms with Gasteiger partial charge in [-0.05, 0) is 129 Å². The first kappa shape index (κ1) is 72.7. The molecule has 2 fully saturated rings. The van der Waals surface area contributed by atoms with Crippen molar-refractivity contribution in [2.75, 3.05) is 19.7 Å². The molecule has 0 aliphatic carbocycles. The number of likely N-dealkylation sites (tertiary alicyclic amines) is 2. The average molecular weight is 1180 g/mol. The highest BCUT2D eigenvalue weighted by molar-refractivity contribution is 6.00. The number of aliphatic hydroxyl groups is 1. The molecule has 0 spiro atoms. The summed E-state index contributed by atoms with van der Waals surface area (Å²) < 4.78 is 0. The molecule has 25 heteroatoms. The van der Waals surface area contributed by atoms with E-state index in [1.165, 1.54) is 58.3 Å². The molecule has 2 aliphatic rings. The minimum atomic E-state index is -1.65. The Labute approximate surface area is 491 Å². The molecular formula is C58H102N12O13. The van der Waals surface area contributed by atoms with Gasteiger partial charge in [-0.3, -0.25) is 57.5 Å². The summed E-state index contributed by atoms with van der Waals surface area (Å²) in [4.78, 5) is 166. The van der Waals surface area contributed by atoms with E-state index in [0.717, 1.165) is 0 Å². The molecule has 0 radical (unpaired) electrons. The summed E-state index contributed by atoms with van der Waals surface area (Å²) in [5.74, 6) is -8.51. The van der Waals surface area contributed by atoms with E-state index in [2.05, 4.69) is 47.9 Å². The zero-order valence-electron chi connectivity index (χ0n) is 52.5. The Morgan fingerprint density at radius 3 is 1.28 bits per heavy atom. The van der Waals surface area contributed by atoms with E-state index in [1.807, 2.05) is 55.4 Å². The van der Waals surface area contributed by atoms with Crippen molar-refractivity contribution < 1.29 is 62.6 Å². The molecule has 12 N–H and O–H groups in total. The van der Waals surface area contributed by atoms with E-state index in [1.54, 1.807) is 13.8 Å². The third-order valence-electron chi connectivity index (χ3n) is 14.5. The Morgan fingerprint density at radius 1 is 0.494 bits per heavy atom. The Bertz CT molecular complexity index is 2320. The van der Waals surface area contributed by atoms with Gasteiger partial charge in [-0.25, -0.2) is 0 Å². The standard InChI is InChI=1S/C58H102N12O13/c1-31(2)26-37(30-71)60-50(78)42-20-18-24-69(42)54(82)57(14,15)67-48(76)40(28-33(5)6)61-47(75)39(27-32(3)4)62-51(79)43-21-19-25-70(43)55(83)58(16,17)68-49(77)41(29-34(7)8)63-52(80)45(35(9)10)65-46(74)38(22-23-44(59)73)64-53(81)56(12,13)66-36(11)72/h31-35,37-43,45,71H,18-30H2,1-17H3,(H2,59,73)(H,60,78)(H,61,75)(H,62,79)(H,63,80)(H,64,81)(H,65,74)(H,66,72)(H,67,76)(H,68,77)/t37-,38+,39+,40-,41-,42-,43+,45+/m1/s1. The number of amides is 12. The molecular weight excluding hydrogens is 1070 g/mol. The number of hydrogen-bond acceptors (Lipinski definition) is 13. The van der Waals surface area contributed by atoms with Crippen molar-refractivity contribution >= 4 is 70.9 Å². The third kappa shape index (κ3) is 22.9. The molecule has 2 aliphatic heterocycles. The van der Waals surface area contributed by atoms with Crippen molar-refractivity contribution in [3.05, 3.63) is 0 Å². The molecule has 83 heavy (non-hydrogen) atoms. The van der Waals surface area contributed by atoms with Gasteiger partial charge >= 0.3 is 0 Å². The lowest BCUT2D eigenvalue weighted by atomic mass is 9.97. The summed E-state index contributed by atoms with van der Waals surface area (Å²) in [7, 11) is 0. The summed E-state index contributed by atoms with van der Waals surface area (Å²) >= 11 is 0. The van der Waals surface area contributed by atoms with E-state index in [4.69, 9.17) is 5.73 Å². The Hall–Kier alpha value is -6.40. The van der Waals surface area contributed by atoms with Crippen LogP contribution in [0.5, 0.6) is 0 Å². The molecule has 472 valence electrons. The predicted molar refractivity (Wildman–Crippen MR) is 312 cm³/mol. The second-order valence-electron chi connectivity index (χ2n) is 26.2. The number of hydrogen-bond donors (Lipinski definition) is 11. The van der Waals surface area contributed by atoms with Crippen LogP contribution >= 0.6 is 0 Å². The van der Waals surface area contributed by atoms with Crippen LogP contribution in [0.4, 0.5) is 0 Å². The molecule has 2 heterocycles. The van der Waals surface area contributed by atoms with E-state index < -0.39 is 136 Å². The average Bonchev–Trinajstić information content (AvgIpc) is 4.31. The minimum absolute atomic E-state index is 0.102. The van der Waals surface area contributed by atoms with Gasteiger partial charge in [0.15, 0.2) is 0 Å². The van der Waals surface area contributed by atoms with Gasteiger partial charge in [0.25, 0.3) is 0 Å². The third-order valence-corrected chi connectivity index (χ3v) is 14.5. The molecule has 0 aromatic rings. The SMILES string of the molecule is CC(=O)NC(C)(C)C(=O)N[C@@H](CCC(N)=O)C(=O)N[C@H](C(=O)N[C@H](CC(C)C)C(=O)NC(C)(C)C(=O)N1CCC[C@H]1C(=O)N[C@@H](CC(C)C)C(=O)N[C@H](CC(C)C)C(=O)NC(C)(C)C(=O)N1CCC[C@@H]1C(=O)N[C@@H](CO)CC(C)C)C(C)C. The van der Waals surface area contributed by atoms with Gasteiger partial charge in [-0.2, -0.15) is 0 Å². The lowest BCUT2D eigenvalue weighted by Gasteiger charge is -2.35. The highest BCUT2D eigenvalue weighted by Gasteiger charge is 2.46. The highest BCUT2D eigenvalue weighted by Crippen LogP contribution is 2.25. The fraction of sp³-hybridized carbons (Fsp3) is 0.793. The monoisotopic (exact) mass is 1170 g/mol. The summed E-state index contributed by atoms with van der Waals surface area (Å²) in [6.07, 6.45) is 2.06. The number of rotatable bonds is 32. The first-order valence-electron chi connectivity index (χ1n) is 29.5. The molecule has 2 rings (SSSR count).